The molecule has 0 amide bonds. The summed E-state index contributed by atoms with van der Waals surface area (Å²) in [5, 5.41) is 2.13. The second-order valence-corrected chi connectivity index (χ2v) is 11.6. The molecule has 3 aromatic carbocycles. The summed E-state index contributed by atoms with van der Waals surface area (Å²) >= 11 is 0. The van der Waals surface area contributed by atoms with Crippen LogP contribution in [-0.4, -0.2) is 34.4 Å². The molecule has 2 heterocycles. The number of ketones is 1. The van der Waals surface area contributed by atoms with Gasteiger partial charge in [0.25, 0.3) is 0 Å². The first-order valence-corrected chi connectivity index (χ1v) is 14.8. The largest absolute Gasteiger partial charge is 0.362 e. The lowest BCUT2D eigenvalue weighted by atomic mass is 9.84. The van der Waals surface area contributed by atoms with E-state index in [4.69, 9.17) is 0 Å². The first kappa shape index (κ1) is 30.0. The third-order valence-corrected chi connectivity index (χ3v) is 7.79. The monoisotopic (exact) mass is 548 g/mol. The van der Waals surface area contributed by atoms with Crippen LogP contribution < -0.4 is 4.90 Å². The third-order valence-electron chi connectivity index (χ3n) is 7.79. The number of fused-ring (bicyclic) bond motifs is 2. The van der Waals surface area contributed by atoms with E-state index in [1.54, 1.807) is 6.92 Å². The van der Waals surface area contributed by atoms with Gasteiger partial charge in [-0.25, -0.2) is 9.97 Å². The molecule has 0 saturated heterocycles. The number of hydrogen-bond acceptors (Lipinski definition) is 4. The summed E-state index contributed by atoms with van der Waals surface area (Å²) in [7, 11) is 3.99. The van der Waals surface area contributed by atoms with E-state index in [2.05, 4.69) is 46.6 Å². The number of anilines is 1. The van der Waals surface area contributed by atoms with Crippen molar-refractivity contribution in [3.8, 4) is 0 Å². The van der Waals surface area contributed by atoms with E-state index in [1.165, 1.54) is 31.2 Å². The standard InChI is InChI=1S/C17H15NO.C11H13N3.C8H16/c1-13(19)16-12-18(11-14-7-3-2-4-8-14)17-10-6-5-9-15(16)17;1-8-12-10-7-5-4-6-9(10)11(13-8)14(2)3;1-7-3-5-8(2)6-4-7/h2-10,12H,11H2,1H3;4-7H,1-3H3;7-8H,3-6H2,1-2H3. The lowest BCUT2D eigenvalue weighted by molar-refractivity contribution is 0.101. The van der Waals surface area contributed by atoms with E-state index in [0.717, 1.165) is 57.4 Å². The van der Waals surface area contributed by atoms with Crippen LogP contribution in [0.25, 0.3) is 21.8 Å². The van der Waals surface area contributed by atoms with Gasteiger partial charge in [-0.1, -0.05) is 100 Å². The van der Waals surface area contributed by atoms with E-state index in [1.807, 2.05) is 92.8 Å². The minimum Gasteiger partial charge on any atom is -0.362 e. The molecule has 0 radical (unpaired) electrons. The molecule has 5 nitrogen and oxygen atoms in total. The average molecular weight is 549 g/mol. The van der Waals surface area contributed by atoms with Crippen molar-refractivity contribution in [3.05, 3.63) is 102 Å². The predicted molar refractivity (Wildman–Crippen MR) is 173 cm³/mol. The Labute approximate surface area is 245 Å². The van der Waals surface area contributed by atoms with Crippen molar-refractivity contribution in [2.24, 2.45) is 11.8 Å². The zero-order valence-electron chi connectivity index (χ0n) is 25.5. The molecule has 0 unspecified atom stereocenters. The molecule has 214 valence electrons. The Hall–Kier alpha value is -3.99. The predicted octanol–water partition coefficient (Wildman–Crippen LogP) is 8.73. The highest BCUT2D eigenvalue weighted by molar-refractivity contribution is 6.07. The van der Waals surface area contributed by atoms with Gasteiger partial charge in [0.1, 0.15) is 11.6 Å². The zero-order valence-corrected chi connectivity index (χ0v) is 25.5. The highest BCUT2D eigenvalue weighted by Crippen LogP contribution is 2.27. The number of carbonyl (C=O) groups is 1. The van der Waals surface area contributed by atoms with Crippen molar-refractivity contribution in [1.29, 1.82) is 0 Å². The fourth-order valence-electron chi connectivity index (χ4n) is 5.38. The summed E-state index contributed by atoms with van der Waals surface area (Å²) in [6, 6.07) is 26.4. The maximum atomic E-state index is 11.7. The van der Waals surface area contributed by atoms with Crippen molar-refractivity contribution in [3.63, 3.8) is 0 Å². The van der Waals surface area contributed by atoms with Crippen molar-refractivity contribution >= 4 is 33.4 Å². The van der Waals surface area contributed by atoms with Crippen LogP contribution in [0.4, 0.5) is 5.82 Å². The van der Waals surface area contributed by atoms with Gasteiger partial charge in [0.2, 0.25) is 0 Å². The molecule has 5 aromatic rings. The van der Waals surface area contributed by atoms with Gasteiger partial charge >= 0.3 is 0 Å². The molecule has 2 aromatic heterocycles. The second-order valence-electron chi connectivity index (χ2n) is 11.6. The molecule has 0 bridgehead atoms. The van der Waals surface area contributed by atoms with Crippen molar-refractivity contribution in [2.45, 2.75) is 59.9 Å². The lowest BCUT2D eigenvalue weighted by Crippen LogP contribution is -2.12. The summed E-state index contributed by atoms with van der Waals surface area (Å²) in [5.41, 5.74) is 4.14. The summed E-state index contributed by atoms with van der Waals surface area (Å²) in [6.45, 7) is 9.06. The summed E-state index contributed by atoms with van der Waals surface area (Å²) in [4.78, 5) is 22.5. The number of aromatic nitrogens is 3. The average Bonchev–Trinajstić information content (AvgIpc) is 3.34. The molecule has 1 aliphatic rings. The van der Waals surface area contributed by atoms with Gasteiger partial charge in [0.15, 0.2) is 5.78 Å². The molecule has 0 aliphatic heterocycles. The van der Waals surface area contributed by atoms with Gasteiger partial charge in [-0.2, -0.15) is 0 Å². The molecule has 1 aliphatic carbocycles. The van der Waals surface area contributed by atoms with Crippen LogP contribution in [0.3, 0.4) is 0 Å². The van der Waals surface area contributed by atoms with Crippen LogP contribution in [-0.2, 0) is 6.54 Å². The first-order chi connectivity index (χ1) is 19.7. The Morgan fingerprint density at radius 1 is 0.805 bits per heavy atom. The Bertz CT molecular complexity index is 1550. The quantitative estimate of drug-likeness (QED) is 0.211. The van der Waals surface area contributed by atoms with E-state index < -0.39 is 0 Å². The Kier molecular flexibility index (Phi) is 10.3. The minimum absolute atomic E-state index is 0.114. The van der Waals surface area contributed by atoms with E-state index in [0.29, 0.717) is 0 Å². The van der Waals surface area contributed by atoms with Gasteiger partial charge in [-0.15, -0.1) is 0 Å². The van der Waals surface area contributed by atoms with E-state index in [9.17, 15) is 4.79 Å². The van der Waals surface area contributed by atoms with Crippen molar-refractivity contribution in [1.82, 2.24) is 14.5 Å². The molecule has 6 rings (SSSR count). The Morgan fingerprint density at radius 3 is 1.98 bits per heavy atom. The maximum Gasteiger partial charge on any atom is 0.161 e. The van der Waals surface area contributed by atoms with Crippen molar-refractivity contribution < 1.29 is 4.79 Å². The molecule has 1 fully saturated rings. The number of nitrogens with zero attached hydrogens (tertiary/aromatic N) is 4. The van der Waals surface area contributed by atoms with Crippen LogP contribution in [0.1, 0.15) is 68.2 Å². The molecule has 0 atom stereocenters. The van der Waals surface area contributed by atoms with Gasteiger partial charge in [0, 0.05) is 48.7 Å². The number of benzene rings is 3. The van der Waals surface area contributed by atoms with Gasteiger partial charge in [0.05, 0.1) is 5.52 Å². The number of Topliss-reactive ketones (excluding diaryl/α,β-unsaturated/α-hetero) is 1. The molecular formula is C36H44N4O. The number of para-hydroxylation sites is 2. The van der Waals surface area contributed by atoms with Gasteiger partial charge in [-0.05, 0) is 49.4 Å². The molecule has 0 N–H and O–H groups in total. The van der Waals surface area contributed by atoms with Crippen LogP contribution in [0.5, 0.6) is 0 Å². The highest BCUT2D eigenvalue weighted by Gasteiger charge is 2.13. The molecular weight excluding hydrogens is 504 g/mol. The molecule has 0 spiro atoms. The maximum absolute atomic E-state index is 11.7. The SMILES string of the molecule is CC(=O)c1cn(Cc2ccccc2)c2ccccc12.CC1CCC(C)CC1.Cc1nc(N(C)C)c2ccccc2n1. The topological polar surface area (TPSA) is 51.0 Å². The number of hydrogen-bond donors (Lipinski definition) is 0. The fourth-order valence-corrected chi connectivity index (χ4v) is 5.38. The lowest BCUT2D eigenvalue weighted by Gasteiger charge is -2.22. The first-order valence-electron chi connectivity index (χ1n) is 14.8. The Morgan fingerprint density at radius 2 is 1.37 bits per heavy atom. The van der Waals surface area contributed by atoms with Gasteiger partial charge in [-0.3, -0.25) is 4.79 Å². The van der Waals surface area contributed by atoms with Crippen molar-refractivity contribution in [2.75, 3.05) is 19.0 Å². The summed E-state index contributed by atoms with van der Waals surface area (Å²) in [6.07, 6.45) is 7.85. The van der Waals surface area contributed by atoms with E-state index >= 15 is 0 Å². The smallest absolute Gasteiger partial charge is 0.161 e. The highest BCUT2D eigenvalue weighted by atomic mass is 16.1. The van der Waals surface area contributed by atoms with Crippen LogP contribution in [0.15, 0.2) is 85.1 Å². The van der Waals surface area contributed by atoms with Crippen LogP contribution in [0, 0.1) is 18.8 Å². The number of aryl methyl sites for hydroxylation is 1. The van der Waals surface area contributed by atoms with Crippen LogP contribution >= 0.6 is 0 Å². The fraction of sp³-hybridized carbons (Fsp3) is 0.361. The molecule has 41 heavy (non-hydrogen) atoms. The summed E-state index contributed by atoms with van der Waals surface area (Å²) < 4.78 is 2.14. The number of rotatable bonds is 4. The Balaban J connectivity index is 0.000000154. The normalized spacial score (nSPS) is 16.3. The molecule has 1 saturated carbocycles. The van der Waals surface area contributed by atoms with Gasteiger partial charge < -0.3 is 9.47 Å². The molecule has 5 heteroatoms. The third kappa shape index (κ3) is 8.03. The zero-order chi connectivity index (χ0) is 29.4. The van der Waals surface area contributed by atoms with E-state index in [-0.39, 0.29) is 5.78 Å². The summed E-state index contributed by atoms with van der Waals surface area (Å²) in [5.74, 6) is 3.95. The number of carbonyl (C=O) groups excluding carboxylic acids is 1. The second kappa shape index (κ2) is 14.1. The minimum atomic E-state index is 0.114. The van der Waals surface area contributed by atoms with Crippen LogP contribution in [0.2, 0.25) is 0 Å².